The number of alkyl halides is 1. The van der Waals surface area contributed by atoms with E-state index < -0.39 is 17.8 Å². The molecule has 42 valence electrons. The van der Waals surface area contributed by atoms with Gasteiger partial charge in [0.25, 0.3) is 0 Å². The average Bonchev–Trinajstić information content (AvgIpc) is 1.65. The Morgan fingerprint density at radius 2 is 1.71 bits per heavy atom. The first-order chi connectivity index (χ1) is 3.18. The van der Waals surface area contributed by atoms with Crippen LogP contribution in [0.25, 0.3) is 0 Å². The van der Waals surface area contributed by atoms with Gasteiger partial charge in [-0.1, -0.05) is 0 Å². The van der Waals surface area contributed by atoms with Crippen LogP contribution in [0, 0.1) is 0 Å². The van der Waals surface area contributed by atoms with Crippen LogP contribution in [0.3, 0.4) is 0 Å². The second-order valence-corrected chi connectivity index (χ2v) is 1.07. The molecular formula is C3H2ClF3. The van der Waals surface area contributed by atoms with Crippen LogP contribution in [0.1, 0.15) is 0 Å². The van der Waals surface area contributed by atoms with Gasteiger partial charge in [0.15, 0.2) is 5.83 Å². The van der Waals surface area contributed by atoms with Gasteiger partial charge < -0.3 is 0 Å². The fraction of sp³-hybridized carbons (Fsp3) is 0.333. The highest BCUT2D eigenvalue weighted by atomic mass is 35.5. The van der Waals surface area contributed by atoms with Crippen LogP contribution in [-0.2, 0) is 0 Å². The summed E-state index contributed by atoms with van der Waals surface area (Å²) in [5.74, 6) is -2.30. The van der Waals surface area contributed by atoms with E-state index >= 15 is 0 Å². The van der Waals surface area contributed by atoms with Gasteiger partial charge in [0.05, 0.1) is 5.88 Å². The van der Waals surface area contributed by atoms with Gasteiger partial charge in [0.2, 0.25) is 0 Å². The molecule has 0 nitrogen and oxygen atoms in total. The Labute approximate surface area is 43.6 Å². The van der Waals surface area contributed by atoms with Crippen LogP contribution in [0.5, 0.6) is 0 Å². The van der Waals surface area contributed by atoms with Gasteiger partial charge in [0.1, 0.15) is 0 Å². The van der Waals surface area contributed by atoms with Crippen LogP contribution in [0.15, 0.2) is 11.9 Å². The predicted octanol–water partition coefficient (Wildman–Crippen LogP) is 2.30. The Kier molecular flexibility index (Phi) is 2.83. The number of hydrogen-bond acceptors (Lipinski definition) is 0. The smallest absolute Gasteiger partial charge is 0.205 e. The van der Waals surface area contributed by atoms with Crippen molar-refractivity contribution in [3.8, 4) is 0 Å². The Morgan fingerprint density at radius 1 is 1.29 bits per heavy atom. The maximum atomic E-state index is 11.3. The van der Waals surface area contributed by atoms with Crippen molar-refractivity contribution < 1.29 is 13.2 Å². The quantitative estimate of drug-likeness (QED) is 0.478. The van der Waals surface area contributed by atoms with Crippen molar-refractivity contribution in [2.45, 2.75) is 0 Å². The second kappa shape index (κ2) is 2.91. The summed E-state index contributed by atoms with van der Waals surface area (Å²) < 4.78 is 33.0. The molecule has 0 aromatic heterocycles. The normalized spacial score (nSPS) is 8.57. The third-order valence-corrected chi connectivity index (χ3v) is 0.557. The Hall–Kier alpha value is -0.180. The summed E-state index contributed by atoms with van der Waals surface area (Å²) in [5.41, 5.74) is 0. The summed E-state index contributed by atoms with van der Waals surface area (Å²) in [5, 5.41) is 0. The van der Waals surface area contributed by atoms with E-state index in [0.717, 1.165) is 0 Å². The molecule has 0 aliphatic heterocycles. The summed E-state index contributed by atoms with van der Waals surface area (Å²) in [6.07, 6.45) is -2.34. The third kappa shape index (κ3) is 2.51. The lowest BCUT2D eigenvalue weighted by Gasteiger charge is -1.80. The third-order valence-electron chi connectivity index (χ3n) is 0.322. The van der Waals surface area contributed by atoms with E-state index in [-0.39, 0.29) is 0 Å². The summed E-state index contributed by atoms with van der Waals surface area (Å²) in [6, 6.07) is 0. The van der Waals surface area contributed by atoms with E-state index in [0.29, 0.717) is 0 Å². The first-order valence-corrected chi connectivity index (χ1v) is 1.97. The van der Waals surface area contributed by atoms with Gasteiger partial charge in [-0.25, -0.2) is 4.39 Å². The van der Waals surface area contributed by atoms with Crippen molar-refractivity contribution in [3.05, 3.63) is 11.9 Å². The molecule has 0 N–H and O–H groups in total. The monoisotopic (exact) mass is 130 g/mol. The van der Waals surface area contributed by atoms with Gasteiger partial charge in [-0.2, -0.15) is 8.78 Å². The number of hydrogen-bond donors (Lipinski definition) is 0. The molecule has 0 aliphatic carbocycles. The molecule has 0 radical (unpaired) electrons. The molecule has 0 fully saturated rings. The molecule has 0 atom stereocenters. The molecule has 0 rings (SSSR count). The molecule has 0 heterocycles. The van der Waals surface area contributed by atoms with Crippen molar-refractivity contribution in [1.29, 1.82) is 0 Å². The van der Waals surface area contributed by atoms with Crippen molar-refractivity contribution in [3.63, 3.8) is 0 Å². The van der Waals surface area contributed by atoms with Crippen LogP contribution in [0.4, 0.5) is 13.2 Å². The minimum atomic E-state index is -2.34. The first-order valence-electron chi connectivity index (χ1n) is 1.44. The Morgan fingerprint density at radius 3 is 1.71 bits per heavy atom. The lowest BCUT2D eigenvalue weighted by molar-refractivity contribution is 0.381. The molecular weight excluding hydrogens is 128 g/mol. The van der Waals surface area contributed by atoms with E-state index in [1.54, 1.807) is 0 Å². The molecule has 0 spiro atoms. The molecule has 0 aliphatic rings. The largest absolute Gasteiger partial charge is 0.302 e. The molecule has 0 saturated heterocycles. The summed E-state index contributed by atoms with van der Waals surface area (Å²) in [4.78, 5) is 0. The van der Waals surface area contributed by atoms with Gasteiger partial charge in [0, 0.05) is 0 Å². The van der Waals surface area contributed by atoms with Crippen LogP contribution in [0.2, 0.25) is 0 Å². The van der Waals surface area contributed by atoms with E-state index in [2.05, 4.69) is 11.6 Å². The van der Waals surface area contributed by atoms with Crippen LogP contribution >= 0.6 is 11.6 Å². The van der Waals surface area contributed by atoms with E-state index in [1.807, 2.05) is 0 Å². The van der Waals surface area contributed by atoms with Gasteiger partial charge >= 0.3 is 6.08 Å². The molecule has 0 amide bonds. The maximum Gasteiger partial charge on any atom is 0.302 e. The molecule has 0 bridgehead atoms. The zero-order valence-electron chi connectivity index (χ0n) is 3.22. The van der Waals surface area contributed by atoms with Gasteiger partial charge in [-0.3, -0.25) is 0 Å². The Bertz CT molecular complexity index is 84.2. The fourth-order valence-corrected chi connectivity index (χ4v) is 0.152. The molecule has 0 aromatic carbocycles. The van der Waals surface area contributed by atoms with E-state index in [9.17, 15) is 13.2 Å². The molecule has 4 heteroatoms. The lowest BCUT2D eigenvalue weighted by Crippen LogP contribution is -1.73. The van der Waals surface area contributed by atoms with Gasteiger partial charge in [-0.05, 0) is 0 Å². The highest BCUT2D eigenvalue weighted by Gasteiger charge is 1.99. The summed E-state index contributed by atoms with van der Waals surface area (Å²) in [7, 11) is 0. The van der Waals surface area contributed by atoms with Crippen molar-refractivity contribution in [2.24, 2.45) is 0 Å². The number of halogens is 4. The van der Waals surface area contributed by atoms with Crippen molar-refractivity contribution in [1.82, 2.24) is 0 Å². The highest BCUT2D eigenvalue weighted by molar-refractivity contribution is 6.19. The summed E-state index contributed by atoms with van der Waals surface area (Å²) in [6.45, 7) is 0. The van der Waals surface area contributed by atoms with Crippen molar-refractivity contribution in [2.75, 3.05) is 5.88 Å². The zero-order chi connectivity index (χ0) is 5.86. The van der Waals surface area contributed by atoms with Gasteiger partial charge in [-0.15, -0.1) is 11.6 Å². The van der Waals surface area contributed by atoms with Crippen molar-refractivity contribution >= 4 is 11.6 Å². The van der Waals surface area contributed by atoms with E-state index in [1.165, 1.54) is 0 Å². The Balaban J connectivity index is 3.72. The average molecular weight is 130 g/mol. The number of rotatable bonds is 1. The molecule has 0 unspecified atom stereocenters. The standard InChI is InChI=1S/C3H2ClF3/c4-1-2(5)3(6)7/h1H2. The zero-order valence-corrected chi connectivity index (χ0v) is 3.97. The molecule has 7 heavy (non-hydrogen) atoms. The minimum absolute atomic E-state index is 0.748. The maximum absolute atomic E-state index is 11.3. The topological polar surface area (TPSA) is 0 Å². The lowest BCUT2D eigenvalue weighted by atomic mass is 10.7. The summed E-state index contributed by atoms with van der Waals surface area (Å²) >= 11 is 4.63. The predicted molar refractivity (Wildman–Crippen MR) is 21.1 cm³/mol. The van der Waals surface area contributed by atoms with E-state index in [4.69, 9.17) is 0 Å². The highest BCUT2D eigenvalue weighted by Crippen LogP contribution is 2.09. The number of allylic oxidation sites excluding steroid dienone is 1. The fourth-order valence-electron chi connectivity index (χ4n) is 0.0505. The minimum Gasteiger partial charge on any atom is -0.205 e. The van der Waals surface area contributed by atoms with Crippen LogP contribution < -0.4 is 0 Å². The van der Waals surface area contributed by atoms with Crippen LogP contribution in [-0.4, -0.2) is 5.88 Å². The second-order valence-electron chi connectivity index (χ2n) is 0.799. The molecule has 0 saturated carbocycles. The first kappa shape index (κ1) is 6.82. The molecule has 0 aromatic rings. The SMILES string of the molecule is FC(F)=C(F)CCl.